The zero-order valence-electron chi connectivity index (χ0n) is 16.7. The molecule has 0 spiro atoms. The molecular formula is C23H31NO3. The molecule has 4 heteroatoms. The molecule has 0 unspecified atom stereocenters. The fourth-order valence-corrected chi connectivity index (χ4v) is 3.82. The summed E-state index contributed by atoms with van der Waals surface area (Å²) in [5.41, 5.74) is 0.0953. The molecule has 1 aliphatic carbocycles. The Morgan fingerprint density at radius 2 is 1.70 bits per heavy atom. The van der Waals surface area contributed by atoms with Gasteiger partial charge in [0.05, 0.1) is 6.61 Å². The molecule has 0 aromatic heterocycles. The topological polar surface area (TPSA) is 47.6 Å². The Balaban J connectivity index is 1.88. The van der Waals surface area contributed by atoms with Crippen LogP contribution < -0.4 is 10.1 Å². The summed E-state index contributed by atoms with van der Waals surface area (Å²) in [4.78, 5) is 13.1. The van der Waals surface area contributed by atoms with Gasteiger partial charge in [0.1, 0.15) is 11.4 Å². The highest BCUT2D eigenvalue weighted by Gasteiger charge is 2.38. The summed E-state index contributed by atoms with van der Waals surface area (Å²) in [5.74, 6) is 1.28. The SMILES string of the molecule is COC1(C(=O)Nc2ccc(OCC(C)C)c3ccccc23)CCCCCC1. The number of nitrogens with one attached hydrogen (secondary N) is 1. The zero-order chi connectivity index (χ0) is 19.3. The summed E-state index contributed by atoms with van der Waals surface area (Å²) < 4.78 is 11.7. The van der Waals surface area contributed by atoms with Gasteiger partial charge < -0.3 is 14.8 Å². The number of hydrogen-bond donors (Lipinski definition) is 1. The van der Waals surface area contributed by atoms with Crippen LogP contribution in [0.25, 0.3) is 10.8 Å². The molecule has 1 aliphatic rings. The van der Waals surface area contributed by atoms with E-state index in [1.165, 1.54) is 12.8 Å². The lowest BCUT2D eigenvalue weighted by Crippen LogP contribution is -2.44. The first-order valence-electron chi connectivity index (χ1n) is 10.1. The van der Waals surface area contributed by atoms with Crippen molar-refractivity contribution in [3.8, 4) is 5.75 Å². The van der Waals surface area contributed by atoms with Crippen LogP contribution in [-0.2, 0) is 9.53 Å². The van der Waals surface area contributed by atoms with E-state index in [0.29, 0.717) is 12.5 Å². The Hall–Kier alpha value is -2.07. The number of hydrogen-bond acceptors (Lipinski definition) is 3. The first-order valence-corrected chi connectivity index (χ1v) is 10.1. The van der Waals surface area contributed by atoms with Crippen LogP contribution in [0.5, 0.6) is 5.75 Å². The monoisotopic (exact) mass is 369 g/mol. The van der Waals surface area contributed by atoms with Crippen LogP contribution in [0.3, 0.4) is 0 Å². The van der Waals surface area contributed by atoms with E-state index in [1.54, 1.807) is 7.11 Å². The third kappa shape index (κ3) is 4.44. The van der Waals surface area contributed by atoms with Gasteiger partial charge in [-0.3, -0.25) is 4.79 Å². The molecule has 4 nitrogen and oxygen atoms in total. The van der Waals surface area contributed by atoms with Crippen molar-refractivity contribution >= 4 is 22.4 Å². The molecule has 0 bridgehead atoms. The van der Waals surface area contributed by atoms with E-state index in [-0.39, 0.29) is 5.91 Å². The van der Waals surface area contributed by atoms with Crippen molar-refractivity contribution in [2.24, 2.45) is 5.92 Å². The molecule has 0 aliphatic heterocycles. The lowest BCUT2D eigenvalue weighted by atomic mass is 9.92. The number of rotatable bonds is 6. The number of carbonyl (C=O) groups is 1. The average Bonchev–Trinajstić information content (AvgIpc) is 2.94. The van der Waals surface area contributed by atoms with Gasteiger partial charge in [0.15, 0.2) is 0 Å². The maximum atomic E-state index is 13.1. The molecule has 0 saturated heterocycles. The predicted molar refractivity (Wildman–Crippen MR) is 110 cm³/mol. The van der Waals surface area contributed by atoms with Crippen LogP contribution in [0, 0.1) is 5.92 Å². The zero-order valence-corrected chi connectivity index (χ0v) is 16.7. The fraction of sp³-hybridized carbons (Fsp3) is 0.522. The number of carbonyl (C=O) groups excluding carboxylic acids is 1. The van der Waals surface area contributed by atoms with Crippen molar-refractivity contribution in [2.45, 2.75) is 58.0 Å². The van der Waals surface area contributed by atoms with E-state index in [9.17, 15) is 4.79 Å². The fourth-order valence-electron chi connectivity index (χ4n) is 3.82. The molecule has 1 saturated carbocycles. The summed E-state index contributed by atoms with van der Waals surface area (Å²) in [6.07, 6.45) is 5.96. The standard InChI is InChI=1S/C23H31NO3/c1-17(2)16-27-21-13-12-20(18-10-6-7-11-19(18)21)24-22(25)23(26-3)14-8-4-5-9-15-23/h6-7,10-13,17H,4-5,8-9,14-16H2,1-3H3,(H,24,25). The lowest BCUT2D eigenvalue weighted by molar-refractivity contribution is -0.139. The van der Waals surface area contributed by atoms with Crippen LogP contribution >= 0.6 is 0 Å². The van der Waals surface area contributed by atoms with Crippen molar-refractivity contribution < 1.29 is 14.3 Å². The number of ether oxygens (including phenoxy) is 2. The maximum absolute atomic E-state index is 13.1. The average molecular weight is 370 g/mol. The highest BCUT2D eigenvalue weighted by Crippen LogP contribution is 2.35. The predicted octanol–water partition coefficient (Wildman–Crippen LogP) is 5.55. The molecule has 3 rings (SSSR count). The summed E-state index contributed by atoms with van der Waals surface area (Å²) in [6.45, 7) is 4.93. The lowest BCUT2D eigenvalue weighted by Gasteiger charge is -2.30. The highest BCUT2D eigenvalue weighted by atomic mass is 16.5. The summed E-state index contributed by atoms with van der Waals surface area (Å²) in [5, 5.41) is 5.16. The van der Waals surface area contributed by atoms with Crippen LogP contribution in [0.4, 0.5) is 5.69 Å². The van der Waals surface area contributed by atoms with Gasteiger partial charge in [0.25, 0.3) is 5.91 Å². The van der Waals surface area contributed by atoms with E-state index < -0.39 is 5.60 Å². The first kappa shape index (κ1) is 19.7. The number of anilines is 1. The van der Waals surface area contributed by atoms with Crippen LogP contribution in [0.15, 0.2) is 36.4 Å². The molecular weight excluding hydrogens is 338 g/mol. The summed E-state index contributed by atoms with van der Waals surface area (Å²) >= 11 is 0. The van der Waals surface area contributed by atoms with Gasteiger partial charge in [0.2, 0.25) is 0 Å². The summed E-state index contributed by atoms with van der Waals surface area (Å²) in [6, 6.07) is 11.9. The van der Waals surface area contributed by atoms with Crippen molar-refractivity contribution in [1.29, 1.82) is 0 Å². The minimum Gasteiger partial charge on any atom is -0.493 e. The molecule has 1 N–H and O–H groups in total. The molecule has 0 radical (unpaired) electrons. The van der Waals surface area contributed by atoms with Crippen molar-refractivity contribution in [3.63, 3.8) is 0 Å². The second-order valence-corrected chi connectivity index (χ2v) is 7.93. The number of amides is 1. The second kappa shape index (κ2) is 8.75. The van der Waals surface area contributed by atoms with E-state index in [1.807, 2.05) is 36.4 Å². The van der Waals surface area contributed by atoms with Gasteiger partial charge in [-0.2, -0.15) is 0 Å². The minimum atomic E-state index is -0.718. The Morgan fingerprint density at radius 3 is 2.33 bits per heavy atom. The highest BCUT2D eigenvalue weighted by molar-refractivity contribution is 6.06. The molecule has 2 aromatic rings. The van der Waals surface area contributed by atoms with E-state index in [0.717, 1.165) is 47.9 Å². The van der Waals surface area contributed by atoms with Gasteiger partial charge in [0, 0.05) is 23.6 Å². The molecule has 0 atom stereocenters. The molecule has 27 heavy (non-hydrogen) atoms. The van der Waals surface area contributed by atoms with Crippen LogP contribution in [-0.4, -0.2) is 25.2 Å². The Morgan fingerprint density at radius 1 is 1.04 bits per heavy atom. The molecule has 146 valence electrons. The number of methoxy groups -OCH3 is 1. The number of benzene rings is 2. The molecule has 0 heterocycles. The molecule has 1 amide bonds. The Kier molecular flexibility index (Phi) is 6.38. The third-order valence-electron chi connectivity index (χ3n) is 5.42. The maximum Gasteiger partial charge on any atom is 0.256 e. The normalized spacial score (nSPS) is 16.9. The smallest absolute Gasteiger partial charge is 0.256 e. The van der Waals surface area contributed by atoms with Gasteiger partial charge in [-0.25, -0.2) is 0 Å². The van der Waals surface area contributed by atoms with Gasteiger partial charge in [-0.1, -0.05) is 63.8 Å². The van der Waals surface area contributed by atoms with Gasteiger partial charge in [-0.15, -0.1) is 0 Å². The van der Waals surface area contributed by atoms with Gasteiger partial charge in [-0.05, 0) is 30.9 Å². The summed E-state index contributed by atoms with van der Waals surface area (Å²) in [7, 11) is 1.66. The van der Waals surface area contributed by atoms with Crippen molar-refractivity contribution in [3.05, 3.63) is 36.4 Å². The largest absolute Gasteiger partial charge is 0.493 e. The molecule has 1 fully saturated rings. The Labute approximate surface area is 162 Å². The van der Waals surface area contributed by atoms with Crippen LogP contribution in [0.2, 0.25) is 0 Å². The number of fused-ring (bicyclic) bond motifs is 1. The Bertz CT molecular complexity index is 776. The second-order valence-electron chi connectivity index (χ2n) is 7.93. The van der Waals surface area contributed by atoms with Crippen molar-refractivity contribution in [1.82, 2.24) is 0 Å². The van der Waals surface area contributed by atoms with E-state index >= 15 is 0 Å². The van der Waals surface area contributed by atoms with Crippen molar-refractivity contribution in [2.75, 3.05) is 19.0 Å². The van der Waals surface area contributed by atoms with E-state index in [2.05, 4.69) is 19.2 Å². The van der Waals surface area contributed by atoms with Gasteiger partial charge >= 0.3 is 0 Å². The third-order valence-corrected chi connectivity index (χ3v) is 5.42. The van der Waals surface area contributed by atoms with Crippen LogP contribution in [0.1, 0.15) is 52.4 Å². The van der Waals surface area contributed by atoms with E-state index in [4.69, 9.17) is 9.47 Å². The first-order chi connectivity index (χ1) is 13.1. The molecule has 2 aromatic carbocycles. The minimum absolute atomic E-state index is 0.0344. The quantitative estimate of drug-likeness (QED) is 0.679.